The van der Waals surface area contributed by atoms with Crippen LogP contribution in [0.15, 0.2) is 23.0 Å². The molecule has 0 aliphatic rings. The molecule has 6 nitrogen and oxygen atoms in total. The van der Waals surface area contributed by atoms with Crippen molar-refractivity contribution in [1.29, 1.82) is 5.41 Å². The van der Waals surface area contributed by atoms with Gasteiger partial charge in [0.25, 0.3) is 5.56 Å². The minimum atomic E-state index is -0.254. The number of nitrogens with one attached hydrogen (secondary N) is 2. The molecule has 6 heteroatoms. The lowest BCUT2D eigenvalue weighted by Gasteiger charge is -2.12. The van der Waals surface area contributed by atoms with E-state index < -0.39 is 0 Å². The standard InChI is InChI=1S/C17H22N4O2.C4H10/c1-4-6-13(19)15-10(3)17(22)21-16(20-15)12-9-11(18)7-8-14(12)23-5-2;1-3-4-2/h7-9,19H,4-6,18H2,1-3H3,(H,20,21,22);3-4H2,1-2H3. The molecule has 0 aliphatic heterocycles. The zero-order valence-electron chi connectivity index (χ0n) is 17.1. The zero-order valence-corrected chi connectivity index (χ0v) is 17.1. The fourth-order valence-corrected chi connectivity index (χ4v) is 2.34. The highest BCUT2D eigenvalue weighted by Crippen LogP contribution is 2.29. The molecule has 1 heterocycles. The Hall–Kier alpha value is -2.63. The van der Waals surface area contributed by atoms with Crippen LogP contribution < -0.4 is 16.0 Å². The number of benzene rings is 1. The summed E-state index contributed by atoms with van der Waals surface area (Å²) in [6, 6.07) is 5.21. The fourth-order valence-electron chi connectivity index (χ4n) is 2.34. The average molecular weight is 373 g/mol. The monoisotopic (exact) mass is 372 g/mol. The Morgan fingerprint density at radius 3 is 2.41 bits per heavy atom. The number of hydrogen-bond acceptors (Lipinski definition) is 5. The summed E-state index contributed by atoms with van der Waals surface area (Å²) in [4.78, 5) is 19.5. The first-order valence-electron chi connectivity index (χ1n) is 9.60. The second kappa shape index (κ2) is 11.2. The summed E-state index contributed by atoms with van der Waals surface area (Å²) in [7, 11) is 0. The van der Waals surface area contributed by atoms with Crippen molar-refractivity contribution in [3.63, 3.8) is 0 Å². The van der Waals surface area contributed by atoms with Crippen LogP contribution in [0.5, 0.6) is 5.75 Å². The Morgan fingerprint density at radius 2 is 1.85 bits per heavy atom. The van der Waals surface area contributed by atoms with Gasteiger partial charge in [-0.15, -0.1) is 0 Å². The second-order valence-electron chi connectivity index (χ2n) is 6.31. The lowest BCUT2D eigenvalue weighted by atomic mass is 10.1. The van der Waals surface area contributed by atoms with Crippen molar-refractivity contribution in [3.05, 3.63) is 39.8 Å². The van der Waals surface area contributed by atoms with Gasteiger partial charge in [-0.1, -0.05) is 40.0 Å². The van der Waals surface area contributed by atoms with Gasteiger partial charge in [0.1, 0.15) is 11.6 Å². The molecule has 4 N–H and O–H groups in total. The Balaban J connectivity index is 0.000000828. The van der Waals surface area contributed by atoms with Gasteiger partial charge in [-0.05, 0) is 38.5 Å². The van der Waals surface area contributed by atoms with E-state index in [1.165, 1.54) is 12.8 Å². The van der Waals surface area contributed by atoms with E-state index in [0.717, 1.165) is 6.42 Å². The first kappa shape index (κ1) is 22.4. The van der Waals surface area contributed by atoms with Crippen LogP contribution in [0.1, 0.15) is 64.6 Å². The molecule has 0 saturated carbocycles. The number of rotatable bonds is 7. The molecule has 0 saturated heterocycles. The van der Waals surface area contributed by atoms with Gasteiger partial charge in [-0.2, -0.15) is 0 Å². The third-order valence-electron chi connectivity index (χ3n) is 4.00. The number of aromatic nitrogens is 2. The van der Waals surface area contributed by atoms with Gasteiger partial charge in [-0.25, -0.2) is 4.98 Å². The quantitative estimate of drug-likeness (QED) is 0.484. The maximum absolute atomic E-state index is 12.2. The van der Waals surface area contributed by atoms with Crippen molar-refractivity contribution in [2.24, 2.45) is 0 Å². The number of nitrogens with two attached hydrogens (primary N) is 1. The van der Waals surface area contributed by atoms with Crippen molar-refractivity contribution in [3.8, 4) is 17.1 Å². The summed E-state index contributed by atoms with van der Waals surface area (Å²) in [5.74, 6) is 0.967. The van der Waals surface area contributed by atoms with Gasteiger partial charge in [-0.3, -0.25) is 4.79 Å². The predicted molar refractivity (Wildman–Crippen MR) is 113 cm³/mol. The molecule has 0 spiro atoms. The molecular weight excluding hydrogens is 340 g/mol. The Kier molecular flexibility index (Phi) is 9.26. The molecule has 2 rings (SSSR count). The maximum Gasteiger partial charge on any atom is 0.254 e. The lowest BCUT2D eigenvalue weighted by molar-refractivity contribution is 0.341. The fraction of sp³-hybridized carbons (Fsp3) is 0.476. The summed E-state index contributed by atoms with van der Waals surface area (Å²) in [6.45, 7) is 10.4. The van der Waals surface area contributed by atoms with E-state index >= 15 is 0 Å². The van der Waals surface area contributed by atoms with Crippen molar-refractivity contribution >= 4 is 11.4 Å². The summed E-state index contributed by atoms with van der Waals surface area (Å²) < 4.78 is 5.59. The summed E-state index contributed by atoms with van der Waals surface area (Å²) in [5.41, 5.74) is 8.02. The molecule has 0 atom stereocenters. The highest BCUT2D eigenvalue weighted by atomic mass is 16.5. The lowest BCUT2D eigenvalue weighted by Crippen LogP contribution is -2.19. The third kappa shape index (κ3) is 6.24. The van der Waals surface area contributed by atoms with Crippen LogP contribution in [0, 0.1) is 12.3 Å². The minimum Gasteiger partial charge on any atom is -0.493 e. The molecule has 27 heavy (non-hydrogen) atoms. The largest absolute Gasteiger partial charge is 0.493 e. The number of hydrogen-bond donors (Lipinski definition) is 3. The molecular formula is C21H32N4O2. The number of H-pyrrole nitrogens is 1. The maximum atomic E-state index is 12.2. The topological polar surface area (TPSA) is 105 Å². The van der Waals surface area contributed by atoms with E-state index in [1.807, 2.05) is 13.8 Å². The molecule has 0 aliphatic carbocycles. The van der Waals surface area contributed by atoms with E-state index in [0.29, 0.717) is 52.8 Å². The summed E-state index contributed by atoms with van der Waals surface area (Å²) in [6.07, 6.45) is 4.04. The van der Waals surface area contributed by atoms with E-state index in [4.69, 9.17) is 15.9 Å². The smallest absolute Gasteiger partial charge is 0.254 e. The first-order chi connectivity index (χ1) is 12.9. The zero-order chi connectivity index (χ0) is 20.4. The molecule has 0 bridgehead atoms. The van der Waals surface area contributed by atoms with Crippen LogP contribution in [-0.2, 0) is 0 Å². The Morgan fingerprint density at radius 1 is 1.19 bits per heavy atom. The van der Waals surface area contributed by atoms with Crippen LogP contribution in [0.2, 0.25) is 0 Å². The minimum absolute atomic E-state index is 0.254. The van der Waals surface area contributed by atoms with Crippen LogP contribution in [0.4, 0.5) is 5.69 Å². The molecule has 2 aromatic rings. The first-order valence-corrected chi connectivity index (χ1v) is 9.60. The molecule has 0 fully saturated rings. The number of nitrogens with zero attached hydrogens (tertiary/aromatic N) is 1. The molecule has 0 unspecified atom stereocenters. The van der Waals surface area contributed by atoms with Crippen LogP contribution >= 0.6 is 0 Å². The number of nitrogen functional groups attached to an aromatic ring is 1. The van der Waals surface area contributed by atoms with Crippen LogP contribution in [0.25, 0.3) is 11.4 Å². The van der Waals surface area contributed by atoms with E-state index in [9.17, 15) is 4.79 Å². The number of ether oxygens (including phenoxy) is 1. The molecule has 0 amide bonds. The molecule has 1 aromatic carbocycles. The van der Waals surface area contributed by atoms with Crippen LogP contribution in [-0.4, -0.2) is 22.3 Å². The summed E-state index contributed by atoms with van der Waals surface area (Å²) >= 11 is 0. The number of unbranched alkanes of at least 4 members (excludes halogenated alkanes) is 1. The van der Waals surface area contributed by atoms with E-state index in [1.54, 1.807) is 25.1 Å². The van der Waals surface area contributed by atoms with Gasteiger partial charge < -0.3 is 20.9 Å². The number of aromatic amines is 1. The van der Waals surface area contributed by atoms with Gasteiger partial charge in [0.15, 0.2) is 0 Å². The van der Waals surface area contributed by atoms with Crippen LogP contribution in [0.3, 0.4) is 0 Å². The van der Waals surface area contributed by atoms with Gasteiger partial charge in [0.05, 0.1) is 23.6 Å². The SMILES string of the molecule is CCCC.CCCC(=N)c1nc(-c2cc(N)ccc2OCC)[nH]c(=O)c1C. The Bertz CT molecular complexity index is 810. The molecule has 0 radical (unpaired) electrons. The normalized spacial score (nSPS) is 10.1. The summed E-state index contributed by atoms with van der Waals surface area (Å²) in [5, 5.41) is 8.13. The second-order valence-corrected chi connectivity index (χ2v) is 6.31. The van der Waals surface area contributed by atoms with Gasteiger partial charge in [0, 0.05) is 11.3 Å². The average Bonchev–Trinajstić information content (AvgIpc) is 2.65. The van der Waals surface area contributed by atoms with Crippen molar-refractivity contribution < 1.29 is 4.74 Å². The van der Waals surface area contributed by atoms with E-state index in [-0.39, 0.29) is 5.56 Å². The van der Waals surface area contributed by atoms with Crippen molar-refractivity contribution in [1.82, 2.24) is 9.97 Å². The Labute approximate surface area is 161 Å². The van der Waals surface area contributed by atoms with Gasteiger partial charge in [0.2, 0.25) is 0 Å². The number of anilines is 1. The van der Waals surface area contributed by atoms with E-state index in [2.05, 4.69) is 23.8 Å². The van der Waals surface area contributed by atoms with Crippen molar-refractivity contribution in [2.45, 2.75) is 60.3 Å². The van der Waals surface area contributed by atoms with Crippen molar-refractivity contribution in [2.75, 3.05) is 12.3 Å². The highest BCUT2D eigenvalue weighted by molar-refractivity contribution is 5.97. The predicted octanol–water partition coefficient (Wildman–Crippen LogP) is 4.70. The molecule has 148 valence electrons. The third-order valence-corrected chi connectivity index (χ3v) is 4.00. The highest BCUT2D eigenvalue weighted by Gasteiger charge is 2.15. The molecule has 1 aromatic heterocycles. The van der Waals surface area contributed by atoms with Gasteiger partial charge >= 0.3 is 0 Å².